The fraction of sp³-hybridized carbons (Fsp3) is 0.158. The zero-order valence-electron chi connectivity index (χ0n) is 14.1. The molecule has 2 aromatic carbocycles. The van der Waals surface area contributed by atoms with Gasteiger partial charge in [0.1, 0.15) is 11.3 Å². The maximum Gasteiger partial charge on any atom is 0.387 e. The van der Waals surface area contributed by atoms with E-state index in [9.17, 15) is 13.6 Å². The highest BCUT2D eigenvalue weighted by molar-refractivity contribution is 6.03. The lowest BCUT2D eigenvalue weighted by atomic mass is 10.1. The van der Waals surface area contributed by atoms with Crippen LogP contribution in [0, 0.1) is 6.92 Å². The summed E-state index contributed by atoms with van der Waals surface area (Å²) in [5.74, 6) is -0.386. The maximum atomic E-state index is 12.5. The van der Waals surface area contributed by atoms with Crippen molar-refractivity contribution in [1.29, 1.82) is 0 Å². The van der Waals surface area contributed by atoms with E-state index in [1.807, 2.05) is 18.2 Å². The molecule has 1 aromatic heterocycles. The number of aryl methyl sites for hydroxylation is 1. The minimum atomic E-state index is -2.95. The summed E-state index contributed by atoms with van der Waals surface area (Å²) in [6.45, 7) is 0.416. The first-order chi connectivity index (χ1) is 12.5. The highest BCUT2D eigenvalue weighted by Crippen LogP contribution is 2.25. The van der Waals surface area contributed by atoms with Crippen molar-refractivity contribution >= 4 is 22.6 Å². The van der Waals surface area contributed by atoms with Gasteiger partial charge in [0.25, 0.3) is 0 Å². The van der Waals surface area contributed by atoms with Crippen molar-refractivity contribution in [2.24, 2.45) is 5.10 Å². The van der Waals surface area contributed by atoms with Crippen LogP contribution in [0.15, 0.2) is 58.0 Å². The minimum Gasteiger partial charge on any atom is -0.451 e. The second-order valence-corrected chi connectivity index (χ2v) is 5.57. The zero-order valence-corrected chi connectivity index (χ0v) is 14.1. The van der Waals surface area contributed by atoms with E-state index in [-0.39, 0.29) is 11.5 Å². The van der Waals surface area contributed by atoms with Gasteiger partial charge in [-0.1, -0.05) is 30.3 Å². The van der Waals surface area contributed by atoms with E-state index in [0.717, 1.165) is 5.39 Å². The summed E-state index contributed by atoms with van der Waals surface area (Å²) in [7, 11) is 0. The summed E-state index contributed by atoms with van der Waals surface area (Å²) in [5.41, 5.74) is 4.37. The van der Waals surface area contributed by atoms with Crippen LogP contribution >= 0.6 is 0 Å². The normalized spacial score (nSPS) is 11.8. The number of amides is 1. The molecule has 0 unspecified atom stereocenters. The topological polar surface area (TPSA) is 63.8 Å². The number of carbonyl (C=O) groups is 1. The number of nitrogens with zero attached hydrogens (tertiary/aromatic N) is 1. The van der Waals surface area contributed by atoms with Crippen LogP contribution in [0.25, 0.3) is 11.0 Å². The Balaban J connectivity index is 1.83. The maximum absolute atomic E-state index is 12.5. The van der Waals surface area contributed by atoms with Gasteiger partial charge in [-0.25, -0.2) is 5.43 Å². The number of hydrazone groups is 1. The zero-order chi connectivity index (χ0) is 18.7. The number of fused-ring (bicyclic) bond motifs is 1. The molecule has 1 N–H and O–H groups in total. The predicted octanol–water partition coefficient (Wildman–Crippen LogP) is 4.50. The third-order valence-electron chi connectivity index (χ3n) is 3.87. The molecule has 0 aliphatic heterocycles. The molecule has 0 radical (unpaired) electrons. The predicted molar refractivity (Wildman–Crippen MR) is 93.7 cm³/mol. The third-order valence-corrected chi connectivity index (χ3v) is 3.87. The summed E-state index contributed by atoms with van der Waals surface area (Å²) in [4.78, 5) is 12.4. The molecule has 0 spiro atoms. The number of alkyl halides is 2. The Labute approximate surface area is 148 Å². The number of benzene rings is 2. The molecule has 0 saturated carbocycles. The van der Waals surface area contributed by atoms with E-state index in [1.165, 1.54) is 6.07 Å². The van der Waals surface area contributed by atoms with Crippen LogP contribution in [0.1, 0.15) is 28.6 Å². The lowest BCUT2D eigenvalue weighted by Crippen LogP contribution is -2.20. The van der Waals surface area contributed by atoms with Crippen molar-refractivity contribution in [3.8, 4) is 5.75 Å². The number of furan rings is 1. The molecule has 3 aromatic rings. The molecule has 0 aliphatic rings. The lowest BCUT2D eigenvalue weighted by Gasteiger charge is -2.10. The van der Waals surface area contributed by atoms with Crippen molar-refractivity contribution in [1.82, 2.24) is 5.43 Å². The quantitative estimate of drug-likeness (QED) is 0.540. The first-order valence-corrected chi connectivity index (χ1v) is 7.84. The van der Waals surface area contributed by atoms with Crippen LogP contribution in [-0.4, -0.2) is 18.2 Å². The number of nitrogens with one attached hydrogen (secondary N) is 1. The van der Waals surface area contributed by atoms with Crippen molar-refractivity contribution in [2.45, 2.75) is 20.5 Å². The van der Waals surface area contributed by atoms with Gasteiger partial charge in [-0.3, -0.25) is 4.79 Å². The third kappa shape index (κ3) is 3.56. The van der Waals surface area contributed by atoms with Gasteiger partial charge < -0.3 is 9.15 Å². The molecule has 0 bridgehead atoms. The average Bonchev–Trinajstić information content (AvgIpc) is 2.96. The van der Waals surface area contributed by atoms with E-state index in [1.54, 1.807) is 38.1 Å². The molecular weight excluding hydrogens is 342 g/mol. The van der Waals surface area contributed by atoms with Crippen molar-refractivity contribution in [3.05, 3.63) is 65.4 Å². The highest BCUT2D eigenvalue weighted by Gasteiger charge is 2.17. The Hall–Kier alpha value is -3.22. The van der Waals surface area contributed by atoms with E-state index in [4.69, 9.17) is 4.42 Å². The molecule has 134 valence electrons. The van der Waals surface area contributed by atoms with Crippen LogP contribution in [0.5, 0.6) is 5.75 Å². The first kappa shape index (κ1) is 17.6. The van der Waals surface area contributed by atoms with E-state index in [2.05, 4.69) is 15.3 Å². The van der Waals surface area contributed by atoms with Crippen molar-refractivity contribution in [3.63, 3.8) is 0 Å². The van der Waals surface area contributed by atoms with Crippen LogP contribution in [0.2, 0.25) is 0 Å². The van der Waals surface area contributed by atoms with Gasteiger partial charge in [0.05, 0.1) is 5.71 Å². The second kappa shape index (κ2) is 7.35. The standard InChI is InChI=1S/C19H16F2N2O3/c1-11-13-7-3-5-9-15(13)25-17(11)18(24)23-22-12(2)14-8-4-6-10-16(14)26-19(20)21/h3-10,19H,1-2H3,(H,23,24)/b22-12-. The molecular formula is C19H16F2N2O3. The Kier molecular flexibility index (Phi) is 4.97. The summed E-state index contributed by atoms with van der Waals surface area (Å²) in [5, 5.41) is 4.82. The lowest BCUT2D eigenvalue weighted by molar-refractivity contribution is -0.0499. The van der Waals surface area contributed by atoms with Gasteiger partial charge in [-0.2, -0.15) is 13.9 Å². The number of ether oxygens (including phenoxy) is 1. The Morgan fingerprint density at radius 2 is 1.85 bits per heavy atom. The number of halogens is 2. The van der Waals surface area contributed by atoms with Gasteiger partial charge >= 0.3 is 12.5 Å². The average molecular weight is 358 g/mol. The highest BCUT2D eigenvalue weighted by atomic mass is 19.3. The SMILES string of the molecule is C/C(=N/NC(=O)c1oc2ccccc2c1C)c1ccccc1OC(F)F. The summed E-state index contributed by atoms with van der Waals surface area (Å²) >= 11 is 0. The van der Waals surface area contributed by atoms with Crippen LogP contribution in [0.4, 0.5) is 8.78 Å². The molecule has 7 heteroatoms. The Morgan fingerprint density at radius 1 is 1.15 bits per heavy atom. The molecule has 0 aliphatic carbocycles. The van der Waals surface area contributed by atoms with E-state index < -0.39 is 12.5 Å². The smallest absolute Gasteiger partial charge is 0.387 e. The van der Waals surface area contributed by atoms with Crippen LogP contribution < -0.4 is 10.2 Å². The minimum absolute atomic E-state index is 0.0158. The first-order valence-electron chi connectivity index (χ1n) is 7.84. The Morgan fingerprint density at radius 3 is 2.58 bits per heavy atom. The van der Waals surface area contributed by atoms with Crippen LogP contribution in [0.3, 0.4) is 0 Å². The largest absolute Gasteiger partial charge is 0.451 e. The second-order valence-electron chi connectivity index (χ2n) is 5.57. The van der Waals surface area contributed by atoms with Gasteiger partial charge in [-0.05, 0) is 32.0 Å². The molecule has 0 atom stereocenters. The fourth-order valence-electron chi connectivity index (χ4n) is 2.60. The van der Waals surface area contributed by atoms with Gasteiger partial charge in [0.2, 0.25) is 0 Å². The van der Waals surface area contributed by atoms with Crippen molar-refractivity contribution < 1.29 is 22.7 Å². The van der Waals surface area contributed by atoms with Crippen LogP contribution in [-0.2, 0) is 0 Å². The molecule has 1 amide bonds. The number of rotatable bonds is 5. The number of carbonyl (C=O) groups excluding carboxylic acids is 1. The van der Waals surface area contributed by atoms with Crippen molar-refractivity contribution in [2.75, 3.05) is 0 Å². The monoisotopic (exact) mass is 358 g/mol. The fourth-order valence-corrected chi connectivity index (χ4v) is 2.60. The van der Waals surface area contributed by atoms with Gasteiger partial charge in [0, 0.05) is 16.5 Å². The Bertz CT molecular complexity index is 980. The number of hydrogen-bond donors (Lipinski definition) is 1. The molecule has 26 heavy (non-hydrogen) atoms. The summed E-state index contributed by atoms with van der Waals surface area (Å²) < 4.78 is 35.0. The van der Waals surface area contributed by atoms with E-state index in [0.29, 0.717) is 22.4 Å². The number of para-hydroxylation sites is 2. The molecule has 0 saturated heterocycles. The molecule has 3 rings (SSSR count). The number of hydrogen-bond acceptors (Lipinski definition) is 4. The van der Waals surface area contributed by atoms with E-state index >= 15 is 0 Å². The molecule has 5 nitrogen and oxygen atoms in total. The van der Waals surface area contributed by atoms with Gasteiger partial charge in [-0.15, -0.1) is 0 Å². The summed E-state index contributed by atoms with van der Waals surface area (Å²) in [6.07, 6.45) is 0. The molecule has 1 heterocycles. The molecule has 0 fully saturated rings. The summed E-state index contributed by atoms with van der Waals surface area (Å²) in [6, 6.07) is 13.5. The van der Waals surface area contributed by atoms with Gasteiger partial charge in [0.15, 0.2) is 5.76 Å².